The first-order valence-electron chi connectivity index (χ1n) is 9.05. The molecule has 0 aliphatic carbocycles. The lowest BCUT2D eigenvalue weighted by Crippen LogP contribution is -2.42. The number of hydrogen-bond acceptors (Lipinski definition) is 5. The molecule has 2 aromatic heterocycles. The molecule has 2 unspecified atom stereocenters. The number of thiophene rings is 1. The van der Waals surface area contributed by atoms with Gasteiger partial charge in [0.1, 0.15) is 10.7 Å². The second-order valence-corrected chi connectivity index (χ2v) is 8.36. The molecule has 2 N–H and O–H groups in total. The Balaban J connectivity index is 1.50. The second-order valence-electron chi connectivity index (χ2n) is 7.15. The number of aromatic nitrogens is 2. The van der Waals surface area contributed by atoms with Crippen LogP contribution in [0.1, 0.15) is 41.9 Å². The molecule has 134 valence electrons. The molecule has 2 aliphatic rings. The maximum absolute atomic E-state index is 12.8. The number of hydrogen-bond donors (Lipinski definition) is 2. The smallest absolute Gasteiger partial charge is 0.259 e. The number of nitrogens with one attached hydrogen (secondary N) is 2. The van der Waals surface area contributed by atoms with Crippen molar-refractivity contribution in [3.63, 3.8) is 0 Å². The van der Waals surface area contributed by atoms with Gasteiger partial charge in [-0.25, -0.2) is 4.98 Å². The first kappa shape index (κ1) is 16.7. The monoisotopic (exact) mass is 360 g/mol. The fourth-order valence-electron chi connectivity index (χ4n) is 4.16. The van der Waals surface area contributed by atoms with Crippen molar-refractivity contribution in [2.75, 3.05) is 13.1 Å². The molecule has 0 saturated carbocycles. The summed E-state index contributed by atoms with van der Waals surface area (Å²) < 4.78 is 0. The molecule has 0 aromatic carbocycles. The van der Waals surface area contributed by atoms with Crippen LogP contribution in [0.2, 0.25) is 0 Å². The third-order valence-corrected chi connectivity index (χ3v) is 6.71. The maximum atomic E-state index is 12.8. The topological polar surface area (TPSA) is 78.1 Å². The van der Waals surface area contributed by atoms with Crippen molar-refractivity contribution in [3.8, 4) is 0 Å². The van der Waals surface area contributed by atoms with Crippen LogP contribution in [0, 0.1) is 13.8 Å². The van der Waals surface area contributed by atoms with E-state index >= 15 is 0 Å². The molecule has 2 fully saturated rings. The van der Waals surface area contributed by atoms with E-state index in [-0.39, 0.29) is 11.5 Å². The molecule has 2 aromatic rings. The summed E-state index contributed by atoms with van der Waals surface area (Å²) in [6.45, 7) is 5.86. The van der Waals surface area contributed by atoms with Crippen LogP contribution < -0.4 is 10.9 Å². The van der Waals surface area contributed by atoms with Gasteiger partial charge >= 0.3 is 0 Å². The molecule has 2 aliphatic heterocycles. The van der Waals surface area contributed by atoms with Gasteiger partial charge < -0.3 is 15.2 Å². The summed E-state index contributed by atoms with van der Waals surface area (Å²) in [6.07, 6.45) is 4.15. The molecule has 4 rings (SSSR count). The molecule has 1 amide bonds. The standard InChI is InChI=1S/C18H24N4O2S/c1-10-11(2)25-18-16(10)17(24)20-14(21-18)5-6-15(23)22-12-3-4-13(22)9-19-8-7-12/h12-13,19H,3-9H2,1-2H3,(H,20,21,24). The summed E-state index contributed by atoms with van der Waals surface area (Å²) in [7, 11) is 0. The number of aryl methyl sites for hydroxylation is 3. The van der Waals surface area contributed by atoms with Gasteiger partial charge in [0.25, 0.3) is 5.56 Å². The van der Waals surface area contributed by atoms with Crippen LogP contribution in [0.4, 0.5) is 0 Å². The SMILES string of the molecule is Cc1sc2nc(CCC(=O)N3C4CCNCC3CC4)[nH]c(=O)c2c1C. The molecular formula is C18H24N4O2S. The Kier molecular flexibility index (Phi) is 4.37. The van der Waals surface area contributed by atoms with Gasteiger partial charge in [-0.3, -0.25) is 9.59 Å². The van der Waals surface area contributed by atoms with Crippen LogP contribution in [0.5, 0.6) is 0 Å². The van der Waals surface area contributed by atoms with E-state index in [0.29, 0.717) is 36.1 Å². The fraction of sp³-hybridized carbons (Fsp3) is 0.611. The van der Waals surface area contributed by atoms with Crippen molar-refractivity contribution in [1.29, 1.82) is 0 Å². The van der Waals surface area contributed by atoms with E-state index in [1.165, 1.54) is 0 Å². The molecule has 2 saturated heterocycles. The highest BCUT2D eigenvalue weighted by molar-refractivity contribution is 7.18. The minimum absolute atomic E-state index is 0.0895. The van der Waals surface area contributed by atoms with Gasteiger partial charge in [0.2, 0.25) is 5.91 Å². The number of rotatable bonds is 3. The van der Waals surface area contributed by atoms with Crippen molar-refractivity contribution in [2.24, 2.45) is 0 Å². The fourth-order valence-corrected chi connectivity index (χ4v) is 5.21. The van der Waals surface area contributed by atoms with E-state index in [2.05, 4.69) is 20.2 Å². The lowest BCUT2D eigenvalue weighted by atomic mass is 10.1. The Labute approximate surface area is 150 Å². The van der Waals surface area contributed by atoms with Crippen molar-refractivity contribution in [2.45, 2.75) is 58.0 Å². The summed E-state index contributed by atoms with van der Waals surface area (Å²) >= 11 is 1.55. The van der Waals surface area contributed by atoms with Gasteiger partial charge in [-0.15, -0.1) is 11.3 Å². The quantitative estimate of drug-likeness (QED) is 0.876. The number of carbonyl (C=O) groups excluding carboxylic acids is 1. The molecule has 7 heteroatoms. The zero-order valence-corrected chi connectivity index (χ0v) is 15.5. The Morgan fingerprint density at radius 1 is 1.28 bits per heavy atom. The first-order valence-corrected chi connectivity index (χ1v) is 9.87. The van der Waals surface area contributed by atoms with Crippen molar-refractivity contribution < 1.29 is 4.79 Å². The molecule has 4 heterocycles. The molecule has 2 bridgehead atoms. The van der Waals surface area contributed by atoms with Crippen molar-refractivity contribution >= 4 is 27.5 Å². The Morgan fingerprint density at radius 3 is 2.92 bits per heavy atom. The van der Waals surface area contributed by atoms with Gasteiger partial charge in [-0.05, 0) is 45.2 Å². The number of H-pyrrole nitrogens is 1. The number of amides is 1. The van der Waals surface area contributed by atoms with E-state index in [0.717, 1.165) is 47.6 Å². The van der Waals surface area contributed by atoms with Crippen LogP contribution >= 0.6 is 11.3 Å². The highest BCUT2D eigenvalue weighted by Gasteiger charge is 2.37. The minimum Gasteiger partial charge on any atom is -0.335 e. The molecule has 25 heavy (non-hydrogen) atoms. The van der Waals surface area contributed by atoms with E-state index in [4.69, 9.17) is 0 Å². The summed E-state index contributed by atoms with van der Waals surface area (Å²) in [5, 5.41) is 4.11. The zero-order chi connectivity index (χ0) is 17.6. The second kappa shape index (κ2) is 6.53. The number of nitrogens with zero attached hydrogens (tertiary/aromatic N) is 2. The largest absolute Gasteiger partial charge is 0.335 e. The maximum Gasteiger partial charge on any atom is 0.259 e. The predicted octanol–water partition coefficient (Wildman–Crippen LogP) is 1.89. The third-order valence-electron chi connectivity index (χ3n) is 5.61. The minimum atomic E-state index is -0.0895. The summed E-state index contributed by atoms with van der Waals surface area (Å²) in [5.41, 5.74) is 0.915. The van der Waals surface area contributed by atoms with Crippen LogP contribution in [0.3, 0.4) is 0 Å². The van der Waals surface area contributed by atoms with Gasteiger partial charge in [0.05, 0.1) is 5.39 Å². The lowest BCUT2D eigenvalue weighted by molar-refractivity contribution is -0.133. The van der Waals surface area contributed by atoms with Crippen molar-refractivity contribution in [3.05, 3.63) is 26.6 Å². The highest BCUT2D eigenvalue weighted by Crippen LogP contribution is 2.29. The van der Waals surface area contributed by atoms with Gasteiger partial charge in [-0.1, -0.05) is 0 Å². The van der Waals surface area contributed by atoms with Gasteiger partial charge in [0.15, 0.2) is 0 Å². The van der Waals surface area contributed by atoms with Gasteiger partial charge in [0, 0.05) is 36.3 Å². The summed E-state index contributed by atoms with van der Waals surface area (Å²) in [6, 6.07) is 0.710. The van der Waals surface area contributed by atoms with E-state index in [9.17, 15) is 9.59 Å². The molecule has 0 radical (unpaired) electrons. The molecule has 0 spiro atoms. The molecule has 2 atom stereocenters. The first-order chi connectivity index (χ1) is 12.0. The average molecular weight is 360 g/mol. The molecular weight excluding hydrogens is 336 g/mol. The van der Waals surface area contributed by atoms with Crippen LogP contribution in [-0.4, -0.2) is 45.9 Å². The lowest BCUT2D eigenvalue weighted by Gasteiger charge is -2.27. The Hall–Kier alpha value is -1.73. The van der Waals surface area contributed by atoms with Crippen molar-refractivity contribution in [1.82, 2.24) is 20.2 Å². The van der Waals surface area contributed by atoms with E-state index in [1.54, 1.807) is 11.3 Å². The normalized spacial score (nSPS) is 23.2. The Morgan fingerprint density at radius 2 is 2.08 bits per heavy atom. The zero-order valence-electron chi connectivity index (χ0n) is 14.7. The van der Waals surface area contributed by atoms with E-state index in [1.807, 2.05) is 13.8 Å². The molecule has 6 nitrogen and oxygen atoms in total. The average Bonchev–Trinajstić information content (AvgIpc) is 3.00. The van der Waals surface area contributed by atoms with E-state index < -0.39 is 0 Å². The highest BCUT2D eigenvalue weighted by atomic mass is 32.1. The van der Waals surface area contributed by atoms with Gasteiger partial charge in [-0.2, -0.15) is 0 Å². The summed E-state index contributed by atoms with van der Waals surface area (Å²) in [4.78, 5) is 36.6. The van der Waals surface area contributed by atoms with Crippen LogP contribution in [-0.2, 0) is 11.2 Å². The number of fused-ring (bicyclic) bond motifs is 3. The number of carbonyl (C=O) groups is 1. The number of aromatic amines is 1. The Bertz CT molecular complexity index is 858. The van der Waals surface area contributed by atoms with Crippen LogP contribution in [0.25, 0.3) is 10.2 Å². The predicted molar refractivity (Wildman–Crippen MR) is 99.2 cm³/mol. The summed E-state index contributed by atoms with van der Waals surface area (Å²) in [5.74, 6) is 0.810. The third kappa shape index (κ3) is 3.00. The van der Waals surface area contributed by atoms with Crippen LogP contribution in [0.15, 0.2) is 4.79 Å².